The van der Waals surface area contributed by atoms with E-state index >= 15 is 0 Å². The van der Waals surface area contributed by atoms with E-state index in [4.69, 9.17) is 5.73 Å². The molecule has 1 atom stereocenters. The van der Waals surface area contributed by atoms with Gasteiger partial charge in [0.1, 0.15) is 11.6 Å². The number of halogens is 2. The summed E-state index contributed by atoms with van der Waals surface area (Å²) in [5.41, 5.74) is 5.25. The Hall–Kier alpha value is -1.82. The van der Waals surface area contributed by atoms with Crippen molar-refractivity contribution in [2.45, 2.75) is 25.8 Å². The predicted molar refractivity (Wildman–Crippen MR) is 71.2 cm³/mol. The van der Waals surface area contributed by atoms with Crippen molar-refractivity contribution in [1.82, 2.24) is 4.90 Å². The fourth-order valence-corrected chi connectivity index (χ4v) is 1.65. The standard InChI is InChI=1S/C14H18F2N2O2/c1-9(8-17)18(2)14(20)6-5-13(19)11-4-3-10(15)7-12(11)16/h3-4,7,9H,5-6,8,17H2,1-2H3. The van der Waals surface area contributed by atoms with Crippen LogP contribution in [0.25, 0.3) is 0 Å². The lowest BCUT2D eigenvalue weighted by molar-refractivity contribution is -0.131. The summed E-state index contributed by atoms with van der Waals surface area (Å²) in [5.74, 6) is -2.42. The molecule has 0 aliphatic rings. The van der Waals surface area contributed by atoms with Gasteiger partial charge in [-0.1, -0.05) is 0 Å². The van der Waals surface area contributed by atoms with Gasteiger partial charge >= 0.3 is 0 Å². The molecule has 20 heavy (non-hydrogen) atoms. The SMILES string of the molecule is CC(CN)N(C)C(=O)CCC(=O)c1ccc(F)cc1F. The third-order valence-electron chi connectivity index (χ3n) is 3.19. The molecule has 1 rings (SSSR count). The minimum absolute atomic E-state index is 0.0313. The van der Waals surface area contributed by atoms with Gasteiger partial charge in [-0.15, -0.1) is 0 Å². The molecule has 0 bridgehead atoms. The van der Waals surface area contributed by atoms with Gasteiger partial charge in [0.15, 0.2) is 5.78 Å². The number of ketones is 1. The van der Waals surface area contributed by atoms with Gasteiger partial charge in [0.2, 0.25) is 5.91 Å². The number of nitrogens with zero attached hydrogens (tertiary/aromatic N) is 1. The summed E-state index contributed by atoms with van der Waals surface area (Å²) in [6.07, 6.45) is -0.153. The van der Waals surface area contributed by atoms with E-state index in [0.29, 0.717) is 12.6 Å². The second kappa shape index (κ2) is 7.09. The van der Waals surface area contributed by atoms with E-state index in [2.05, 4.69) is 0 Å². The van der Waals surface area contributed by atoms with E-state index < -0.39 is 17.4 Å². The zero-order valence-electron chi connectivity index (χ0n) is 11.5. The molecule has 0 aliphatic carbocycles. The number of amides is 1. The molecule has 110 valence electrons. The third kappa shape index (κ3) is 4.09. The molecule has 0 aromatic heterocycles. The normalized spacial score (nSPS) is 12.1. The van der Waals surface area contributed by atoms with Crippen LogP contribution in [0.3, 0.4) is 0 Å². The van der Waals surface area contributed by atoms with E-state index in [1.165, 1.54) is 4.90 Å². The Balaban J connectivity index is 2.61. The molecular weight excluding hydrogens is 266 g/mol. The van der Waals surface area contributed by atoms with Crippen LogP contribution in [-0.4, -0.2) is 36.2 Å². The van der Waals surface area contributed by atoms with Gasteiger partial charge in [-0.05, 0) is 19.1 Å². The van der Waals surface area contributed by atoms with Crippen LogP contribution >= 0.6 is 0 Å². The first-order valence-corrected chi connectivity index (χ1v) is 6.30. The van der Waals surface area contributed by atoms with Crippen molar-refractivity contribution in [1.29, 1.82) is 0 Å². The zero-order valence-corrected chi connectivity index (χ0v) is 11.5. The summed E-state index contributed by atoms with van der Waals surface area (Å²) >= 11 is 0. The molecule has 1 aromatic carbocycles. The van der Waals surface area contributed by atoms with E-state index in [1.54, 1.807) is 14.0 Å². The monoisotopic (exact) mass is 284 g/mol. The highest BCUT2D eigenvalue weighted by atomic mass is 19.1. The fraction of sp³-hybridized carbons (Fsp3) is 0.429. The van der Waals surface area contributed by atoms with E-state index in [-0.39, 0.29) is 30.4 Å². The summed E-state index contributed by atoms with van der Waals surface area (Å²) in [7, 11) is 1.60. The van der Waals surface area contributed by atoms with Gasteiger partial charge in [-0.3, -0.25) is 9.59 Å². The quantitative estimate of drug-likeness (QED) is 0.809. The number of benzene rings is 1. The molecule has 0 fully saturated rings. The molecule has 2 N–H and O–H groups in total. The van der Waals surface area contributed by atoms with Gasteiger partial charge < -0.3 is 10.6 Å². The minimum Gasteiger partial charge on any atom is -0.342 e. The average Bonchev–Trinajstić information content (AvgIpc) is 2.42. The number of nitrogens with two attached hydrogens (primary N) is 1. The lowest BCUT2D eigenvalue weighted by atomic mass is 10.1. The van der Waals surface area contributed by atoms with Crippen LogP contribution in [0.5, 0.6) is 0 Å². The Bertz CT molecular complexity index is 506. The maximum Gasteiger partial charge on any atom is 0.223 e. The topological polar surface area (TPSA) is 63.4 Å². The Kier molecular flexibility index (Phi) is 5.76. The Labute approximate surface area is 116 Å². The summed E-state index contributed by atoms with van der Waals surface area (Å²) in [4.78, 5) is 25.0. The number of carbonyl (C=O) groups excluding carboxylic acids is 2. The fourth-order valence-electron chi connectivity index (χ4n) is 1.65. The predicted octanol–water partition coefficient (Wildman–Crippen LogP) is 1.73. The molecule has 0 heterocycles. The van der Waals surface area contributed by atoms with E-state index in [9.17, 15) is 18.4 Å². The number of Topliss-reactive ketones (excluding diaryl/α,β-unsaturated/α-hetero) is 1. The molecule has 0 radical (unpaired) electrons. The molecule has 0 spiro atoms. The van der Waals surface area contributed by atoms with Gasteiger partial charge in [0, 0.05) is 38.5 Å². The average molecular weight is 284 g/mol. The molecule has 1 aromatic rings. The molecule has 0 saturated carbocycles. The third-order valence-corrected chi connectivity index (χ3v) is 3.19. The second-order valence-electron chi connectivity index (χ2n) is 4.64. The van der Waals surface area contributed by atoms with Crippen LogP contribution in [0.4, 0.5) is 8.78 Å². The van der Waals surface area contributed by atoms with Gasteiger partial charge in [0.05, 0.1) is 5.56 Å². The number of rotatable bonds is 6. The highest BCUT2D eigenvalue weighted by molar-refractivity contribution is 5.98. The summed E-state index contributed by atoms with van der Waals surface area (Å²) in [6.45, 7) is 2.11. The molecule has 4 nitrogen and oxygen atoms in total. The summed E-state index contributed by atoms with van der Waals surface area (Å²) in [6, 6.07) is 2.63. The van der Waals surface area contributed by atoms with Crippen molar-refractivity contribution in [3.8, 4) is 0 Å². The number of hydrogen-bond acceptors (Lipinski definition) is 3. The first-order chi connectivity index (χ1) is 9.36. The van der Waals surface area contributed by atoms with Crippen molar-refractivity contribution in [2.24, 2.45) is 5.73 Å². The molecule has 1 amide bonds. The lowest BCUT2D eigenvalue weighted by Crippen LogP contribution is -2.39. The van der Waals surface area contributed by atoms with Crippen LogP contribution in [-0.2, 0) is 4.79 Å². The second-order valence-corrected chi connectivity index (χ2v) is 4.64. The Morgan fingerprint density at radius 2 is 1.95 bits per heavy atom. The van der Waals surface area contributed by atoms with Crippen molar-refractivity contribution in [2.75, 3.05) is 13.6 Å². The van der Waals surface area contributed by atoms with Crippen LogP contribution in [0, 0.1) is 11.6 Å². The van der Waals surface area contributed by atoms with Crippen molar-refractivity contribution >= 4 is 11.7 Å². The number of carbonyl (C=O) groups is 2. The van der Waals surface area contributed by atoms with Crippen LogP contribution in [0.15, 0.2) is 18.2 Å². The molecule has 0 saturated heterocycles. The zero-order chi connectivity index (χ0) is 15.3. The first kappa shape index (κ1) is 16.2. The van der Waals surface area contributed by atoms with Gasteiger partial charge in [-0.2, -0.15) is 0 Å². The van der Waals surface area contributed by atoms with Crippen LogP contribution < -0.4 is 5.73 Å². The van der Waals surface area contributed by atoms with Crippen molar-refractivity contribution in [3.05, 3.63) is 35.4 Å². The number of likely N-dealkylation sites (N-methyl/N-ethyl adjacent to an activating group) is 1. The summed E-state index contributed by atoms with van der Waals surface area (Å²) in [5, 5.41) is 0. The first-order valence-electron chi connectivity index (χ1n) is 6.30. The van der Waals surface area contributed by atoms with Crippen LogP contribution in [0.2, 0.25) is 0 Å². The lowest BCUT2D eigenvalue weighted by Gasteiger charge is -2.23. The summed E-state index contributed by atoms with van der Waals surface area (Å²) < 4.78 is 26.1. The maximum atomic E-state index is 13.4. The minimum atomic E-state index is -0.911. The molecule has 1 unspecified atom stereocenters. The maximum absolute atomic E-state index is 13.4. The van der Waals surface area contributed by atoms with Crippen molar-refractivity contribution < 1.29 is 18.4 Å². The van der Waals surface area contributed by atoms with Gasteiger partial charge in [0.25, 0.3) is 0 Å². The molecule has 6 heteroatoms. The number of hydrogen-bond donors (Lipinski definition) is 1. The molecule has 0 aliphatic heterocycles. The van der Waals surface area contributed by atoms with E-state index in [1.807, 2.05) is 0 Å². The van der Waals surface area contributed by atoms with Crippen LogP contribution in [0.1, 0.15) is 30.1 Å². The van der Waals surface area contributed by atoms with Gasteiger partial charge in [-0.25, -0.2) is 8.78 Å². The Morgan fingerprint density at radius 1 is 1.30 bits per heavy atom. The highest BCUT2D eigenvalue weighted by Crippen LogP contribution is 2.13. The Morgan fingerprint density at radius 3 is 2.50 bits per heavy atom. The van der Waals surface area contributed by atoms with E-state index in [0.717, 1.165) is 12.1 Å². The molecular formula is C14H18F2N2O2. The van der Waals surface area contributed by atoms with Crippen molar-refractivity contribution in [3.63, 3.8) is 0 Å². The smallest absolute Gasteiger partial charge is 0.223 e. The largest absolute Gasteiger partial charge is 0.342 e. The highest BCUT2D eigenvalue weighted by Gasteiger charge is 2.18.